The Morgan fingerprint density at radius 2 is 1.39 bits per heavy atom. The third-order valence-electron chi connectivity index (χ3n) is 3.38. The zero-order valence-corrected chi connectivity index (χ0v) is 10.8. The van der Waals surface area contributed by atoms with Crippen molar-refractivity contribution < 1.29 is 0 Å². The molecule has 0 unspecified atom stereocenters. The van der Waals surface area contributed by atoms with Crippen LogP contribution in [-0.4, -0.2) is 0 Å². The van der Waals surface area contributed by atoms with Crippen LogP contribution >= 0.6 is 0 Å². The molecule has 3 nitrogen and oxygen atoms in total. The lowest BCUT2D eigenvalue weighted by atomic mass is 9.76. The van der Waals surface area contributed by atoms with Gasteiger partial charge in [-0.3, -0.25) is 0 Å². The molecule has 0 aliphatic heterocycles. The van der Waals surface area contributed by atoms with Crippen LogP contribution in [0.5, 0.6) is 0 Å². The minimum Gasteiger partial charge on any atom is -0.399 e. The van der Waals surface area contributed by atoms with E-state index in [-0.39, 0.29) is 5.41 Å². The lowest BCUT2D eigenvalue weighted by molar-refractivity contribution is 0.646. The van der Waals surface area contributed by atoms with Crippen molar-refractivity contribution >= 4 is 17.1 Å². The van der Waals surface area contributed by atoms with Crippen LogP contribution in [0.2, 0.25) is 0 Å². The highest BCUT2D eigenvalue weighted by molar-refractivity contribution is 5.64. The highest BCUT2D eigenvalue weighted by Crippen LogP contribution is 2.38. The van der Waals surface area contributed by atoms with Crippen molar-refractivity contribution in [2.24, 2.45) is 0 Å². The van der Waals surface area contributed by atoms with Gasteiger partial charge in [-0.25, -0.2) is 0 Å². The van der Waals surface area contributed by atoms with Crippen LogP contribution in [0.15, 0.2) is 42.5 Å². The van der Waals surface area contributed by atoms with E-state index in [0.717, 1.165) is 16.8 Å². The molecule has 94 valence electrons. The lowest BCUT2D eigenvalue weighted by Crippen LogP contribution is -2.22. The van der Waals surface area contributed by atoms with E-state index in [0.29, 0.717) is 11.4 Å². The van der Waals surface area contributed by atoms with E-state index in [9.17, 15) is 0 Å². The molecule has 0 aromatic heterocycles. The largest absolute Gasteiger partial charge is 0.399 e. The summed E-state index contributed by atoms with van der Waals surface area (Å²) in [6.45, 7) is 4.22. The van der Waals surface area contributed by atoms with Crippen LogP contribution in [0.3, 0.4) is 0 Å². The van der Waals surface area contributed by atoms with Crippen LogP contribution in [0.25, 0.3) is 0 Å². The molecule has 0 radical (unpaired) electrons. The molecule has 0 fully saturated rings. The Morgan fingerprint density at radius 3 is 2.00 bits per heavy atom. The molecular formula is C15H19N3. The van der Waals surface area contributed by atoms with Crippen LogP contribution in [-0.2, 0) is 5.41 Å². The Balaban J connectivity index is 2.58. The molecule has 0 heterocycles. The Bertz CT molecular complexity index is 574. The molecule has 6 N–H and O–H groups in total. The van der Waals surface area contributed by atoms with Gasteiger partial charge in [-0.15, -0.1) is 0 Å². The van der Waals surface area contributed by atoms with Gasteiger partial charge in [0.2, 0.25) is 0 Å². The van der Waals surface area contributed by atoms with Crippen LogP contribution in [0.1, 0.15) is 25.0 Å². The number of nitrogen functional groups attached to an aromatic ring is 3. The zero-order valence-electron chi connectivity index (χ0n) is 10.8. The van der Waals surface area contributed by atoms with Crippen LogP contribution in [0.4, 0.5) is 17.1 Å². The number of hydrogen-bond acceptors (Lipinski definition) is 3. The smallest absolute Gasteiger partial charge is 0.0376 e. The van der Waals surface area contributed by atoms with Crippen molar-refractivity contribution in [1.29, 1.82) is 0 Å². The topological polar surface area (TPSA) is 78.1 Å². The third-order valence-corrected chi connectivity index (χ3v) is 3.38. The maximum atomic E-state index is 6.07. The summed E-state index contributed by atoms with van der Waals surface area (Å²) < 4.78 is 0. The minimum absolute atomic E-state index is 0.247. The van der Waals surface area contributed by atoms with Crippen molar-refractivity contribution in [1.82, 2.24) is 0 Å². The Labute approximate surface area is 108 Å². The van der Waals surface area contributed by atoms with Gasteiger partial charge < -0.3 is 17.2 Å². The Morgan fingerprint density at radius 1 is 0.778 bits per heavy atom. The number of rotatable bonds is 2. The highest BCUT2D eigenvalue weighted by Gasteiger charge is 2.26. The van der Waals surface area contributed by atoms with E-state index in [1.165, 1.54) is 0 Å². The summed E-state index contributed by atoms with van der Waals surface area (Å²) in [7, 11) is 0. The number of para-hydroxylation sites is 1. The van der Waals surface area contributed by atoms with Crippen molar-refractivity contribution in [3.8, 4) is 0 Å². The molecule has 2 aromatic carbocycles. The third kappa shape index (κ3) is 1.99. The summed E-state index contributed by atoms with van der Waals surface area (Å²) in [5, 5.41) is 0. The Hall–Kier alpha value is -2.16. The molecule has 0 saturated heterocycles. The quantitative estimate of drug-likeness (QED) is 0.707. The maximum Gasteiger partial charge on any atom is 0.0376 e. The van der Waals surface area contributed by atoms with Gasteiger partial charge in [-0.05, 0) is 29.3 Å². The second kappa shape index (κ2) is 4.26. The van der Waals surface area contributed by atoms with E-state index in [1.54, 1.807) is 6.07 Å². The van der Waals surface area contributed by atoms with Crippen molar-refractivity contribution in [2.75, 3.05) is 17.2 Å². The first-order valence-electron chi connectivity index (χ1n) is 5.93. The van der Waals surface area contributed by atoms with Crippen LogP contribution < -0.4 is 17.2 Å². The lowest BCUT2D eigenvalue weighted by Gasteiger charge is -2.29. The van der Waals surface area contributed by atoms with Gasteiger partial charge in [-0.2, -0.15) is 0 Å². The summed E-state index contributed by atoms with van der Waals surface area (Å²) in [5.74, 6) is 0. The van der Waals surface area contributed by atoms with E-state index in [4.69, 9.17) is 17.2 Å². The van der Waals surface area contributed by atoms with Gasteiger partial charge >= 0.3 is 0 Å². The first-order chi connectivity index (χ1) is 8.43. The minimum atomic E-state index is -0.247. The number of hydrogen-bond donors (Lipinski definition) is 3. The fraction of sp³-hybridized carbons (Fsp3) is 0.200. The van der Waals surface area contributed by atoms with Crippen molar-refractivity contribution in [3.05, 3.63) is 53.6 Å². The van der Waals surface area contributed by atoms with Crippen molar-refractivity contribution in [3.63, 3.8) is 0 Å². The fourth-order valence-corrected chi connectivity index (χ4v) is 2.36. The number of anilines is 3. The predicted octanol–water partition coefficient (Wildman–Crippen LogP) is 2.76. The first-order valence-corrected chi connectivity index (χ1v) is 5.93. The second-order valence-electron chi connectivity index (χ2n) is 5.06. The molecule has 0 spiro atoms. The van der Waals surface area contributed by atoms with Gasteiger partial charge in [0.1, 0.15) is 0 Å². The summed E-state index contributed by atoms with van der Waals surface area (Å²) >= 11 is 0. The highest BCUT2D eigenvalue weighted by atomic mass is 14.6. The first kappa shape index (κ1) is 12.3. The van der Waals surface area contributed by atoms with E-state index in [2.05, 4.69) is 13.8 Å². The summed E-state index contributed by atoms with van der Waals surface area (Å²) in [6.07, 6.45) is 0. The normalized spacial score (nSPS) is 11.4. The van der Waals surface area contributed by atoms with Gasteiger partial charge in [0.05, 0.1) is 0 Å². The van der Waals surface area contributed by atoms with Gasteiger partial charge in [-0.1, -0.05) is 38.1 Å². The zero-order chi connectivity index (χ0) is 13.3. The molecule has 0 aliphatic rings. The SMILES string of the molecule is CC(C)(c1ccccc1N)c1ccc(N)cc1N. The van der Waals surface area contributed by atoms with E-state index < -0.39 is 0 Å². The van der Waals surface area contributed by atoms with E-state index >= 15 is 0 Å². The summed E-state index contributed by atoms with van der Waals surface area (Å²) in [4.78, 5) is 0. The molecule has 3 heteroatoms. The molecule has 0 amide bonds. The number of nitrogens with two attached hydrogens (primary N) is 3. The Kier molecular flexibility index (Phi) is 2.91. The van der Waals surface area contributed by atoms with Crippen molar-refractivity contribution in [2.45, 2.75) is 19.3 Å². The molecule has 18 heavy (non-hydrogen) atoms. The standard InChI is InChI=1S/C15H19N3/c1-15(2,11-5-3-4-6-13(11)17)12-8-7-10(16)9-14(12)18/h3-9H,16-18H2,1-2H3. The molecule has 2 aromatic rings. The fourth-order valence-electron chi connectivity index (χ4n) is 2.36. The van der Waals surface area contributed by atoms with E-state index in [1.807, 2.05) is 36.4 Å². The predicted molar refractivity (Wildman–Crippen MR) is 78.2 cm³/mol. The number of benzene rings is 2. The molecular weight excluding hydrogens is 222 g/mol. The van der Waals surface area contributed by atoms with Gasteiger partial charge in [0.25, 0.3) is 0 Å². The average Bonchev–Trinajstić information content (AvgIpc) is 2.28. The summed E-state index contributed by atoms with van der Waals surface area (Å²) in [5.41, 5.74) is 21.9. The summed E-state index contributed by atoms with van der Waals surface area (Å²) in [6, 6.07) is 13.5. The second-order valence-corrected chi connectivity index (χ2v) is 5.06. The van der Waals surface area contributed by atoms with Gasteiger partial charge in [0, 0.05) is 22.5 Å². The molecule has 0 atom stereocenters. The van der Waals surface area contributed by atoms with Gasteiger partial charge in [0.15, 0.2) is 0 Å². The average molecular weight is 241 g/mol. The monoisotopic (exact) mass is 241 g/mol. The van der Waals surface area contributed by atoms with Crippen LogP contribution in [0, 0.1) is 0 Å². The molecule has 0 aliphatic carbocycles. The molecule has 2 rings (SSSR count). The molecule has 0 saturated carbocycles. The maximum absolute atomic E-state index is 6.07. The molecule has 0 bridgehead atoms.